The summed E-state index contributed by atoms with van der Waals surface area (Å²) < 4.78 is 5.87. The second-order valence-electron chi connectivity index (χ2n) is 9.29. The quantitative estimate of drug-likeness (QED) is 0.612. The number of thiazole rings is 1. The standard InChI is InChI=1S/C25H35N3O2S/c1-18(2)30-22-11-5-7-19(15-22)16-28-13-6-10-21(17-28)23(25-26-12-14-31-25)27-24(29)20-8-3-4-9-20/h5,7,11-12,14-15,18,20-21,23H,3-4,6,8-10,13,16-17H2,1-2H3,(H,27,29)/t21-,23+/m0/s1. The average molecular weight is 442 g/mol. The molecule has 1 saturated heterocycles. The van der Waals surface area contributed by atoms with Crippen molar-refractivity contribution in [3.05, 3.63) is 46.4 Å². The Morgan fingerprint density at radius 2 is 2.10 bits per heavy atom. The summed E-state index contributed by atoms with van der Waals surface area (Å²) in [5, 5.41) is 6.47. The van der Waals surface area contributed by atoms with E-state index in [4.69, 9.17) is 4.74 Å². The van der Waals surface area contributed by atoms with Crippen molar-refractivity contribution < 1.29 is 9.53 Å². The highest BCUT2D eigenvalue weighted by atomic mass is 32.1. The molecule has 2 aliphatic rings. The summed E-state index contributed by atoms with van der Waals surface area (Å²) in [6, 6.07) is 8.46. The number of nitrogens with zero attached hydrogens (tertiary/aromatic N) is 2. The molecule has 1 aliphatic heterocycles. The molecule has 0 radical (unpaired) electrons. The van der Waals surface area contributed by atoms with Crippen LogP contribution in [-0.2, 0) is 11.3 Å². The van der Waals surface area contributed by atoms with Gasteiger partial charge in [0.1, 0.15) is 10.8 Å². The Morgan fingerprint density at radius 1 is 1.26 bits per heavy atom. The van der Waals surface area contributed by atoms with Gasteiger partial charge in [-0.15, -0.1) is 11.3 Å². The van der Waals surface area contributed by atoms with Crippen molar-refractivity contribution in [2.24, 2.45) is 11.8 Å². The van der Waals surface area contributed by atoms with Crippen molar-refractivity contribution in [3.63, 3.8) is 0 Å². The van der Waals surface area contributed by atoms with E-state index in [1.165, 1.54) is 18.4 Å². The van der Waals surface area contributed by atoms with E-state index in [-0.39, 0.29) is 24.0 Å². The summed E-state index contributed by atoms with van der Waals surface area (Å²) in [6.45, 7) is 7.09. The maximum absolute atomic E-state index is 12.9. The van der Waals surface area contributed by atoms with Gasteiger partial charge in [-0.1, -0.05) is 25.0 Å². The second kappa shape index (κ2) is 10.6. The first-order valence-electron chi connectivity index (χ1n) is 11.8. The van der Waals surface area contributed by atoms with E-state index in [1.807, 2.05) is 17.6 Å². The highest BCUT2D eigenvalue weighted by molar-refractivity contribution is 7.09. The van der Waals surface area contributed by atoms with E-state index in [0.29, 0.717) is 5.92 Å². The lowest BCUT2D eigenvalue weighted by molar-refractivity contribution is -0.126. The molecule has 168 valence electrons. The van der Waals surface area contributed by atoms with Crippen LogP contribution in [0.1, 0.15) is 69.0 Å². The monoisotopic (exact) mass is 441 g/mol. The van der Waals surface area contributed by atoms with Crippen LogP contribution in [0.15, 0.2) is 35.8 Å². The maximum atomic E-state index is 12.9. The van der Waals surface area contributed by atoms with Crippen molar-refractivity contribution in [3.8, 4) is 5.75 Å². The third-order valence-corrected chi connectivity index (χ3v) is 7.29. The van der Waals surface area contributed by atoms with Crippen molar-refractivity contribution >= 4 is 17.2 Å². The third-order valence-electron chi connectivity index (χ3n) is 6.43. The van der Waals surface area contributed by atoms with Crippen LogP contribution in [-0.4, -0.2) is 35.0 Å². The molecule has 1 saturated carbocycles. The zero-order chi connectivity index (χ0) is 21.6. The van der Waals surface area contributed by atoms with Gasteiger partial charge >= 0.3 is 0 Å². The van der Waals surface area contributed by atoms with Gasteiger partial charge in [0.05, 0.1) is 12.1 Å². The maximum Gasteiger partial charge on any atom is 0.223 e. The van der Waals surface area contributed by atoms with Crippen molar-refractivity contribution in [1.29, 1.82) is 0 Å². The highest BCUT2D eigenvalue weighted by Gasteiger charge is 2.33. The number of carbonyl (C=O) groups excluding carboxylic acids is 1. The first kappa shape index (κ1) is 22.3. The molecule has 4 rings (SSSR count). The minimum absolute atomic E-state index is 0.0199. The Balaban J connectivity index is 1.43. The molecule has 6 heteroatoms. The van der Waals surface area contributed by atoms with E-state index < -0.39 is 0 Å². The summed E-state index contributed by atoms with van der Waals surface area (Å²) in [4.78, 5) is 20.0. The highest BCUT2D eigenvalue weighted by Crippen LogP contribution is 2.33. The Morgan fingerprint density at radius 3 is 2.84 bits per heavy atom. The molecule has 0 unspecified atom stereocenters. The van der Waals surface area contributed by atoms with Gasteiger partial charge in [0.25, 0.3) is 0 Å². The molecule has 5 nitrogen and oxygen atoms in total. The van der Waals surface area contributed by atoms with E-state index in [2.05, 4.69) is 47.2 Å². The number of hydrogen-bond donors (Lipinski definition) is 1. The minimum Gasteiger partial charge on any atom is -0.491 e. The zero-order valence-electron chi connectivity index (χ0n) is 18.8. The van der Waals surface area contributed by atoms with E-state index in [1.54, 1.807) is 11.3 Å². The Bertz CT molecular complexity index is 833. The molecule has 2 atom stereocenters. The first-order chi connectivity index (χ1) is 15.1. The summed E-state index contributed by atoms with van der Waals surface area (Å²) in [6.07, 6.45) is 8.72. The van der Waals surface area contributed by atoms with Crippen molar-refractivity contribution in [1.82, 2.24) is 15.2 Å². The average Bonchev–Trinajstić information content (AvgIpc) is 3.46. The lowest BCUT2D eigenvalue weighted by Gasteiger charge is -2.37. The summed E-state index contributed by atoms with van der Waals surface area (Å²) >= 11 is 1.66. The predicted octanol–water partition coefficient (Wildman–Crippen LogP) is 5.19. The van der Waals surface area contributed by atoms with Crippen molar-refractivity contribution in [2.45, 2.75) is 71.1 Å². The van der Waals surface area contributed by atoms with Crippen LogP contribution >= 0.6 is 11.3 Å². The number of piperidine rings is 1. The molecule has 2 fully saturated rings. The van der Waals surface area contributed by atoms with Crippen LogP contribution in [0.25, 0.3) is 0 Å². The SMILES string of the molecule is CC(C)Oc1cccc(CN2CCC[C@H]([C@@H](NC(=O)C3CCCC3)c3nccs3)C2)c1. The van der Waals surface area contributed by atoms with Crippen LogP contribution in [0.3, 0.4) is 0 Å². The number of likely N-dealkylation sites (tertiary alicyclic amines) is 1. The molecular weight excluding hydrogens is 406 g/mol. The molecule has 31 heavy (non-hydrogen) atoms. The minimum atomic E-state index is 0.0199. The van der Waals surface area contributed by atoms with E-state index in [9.17, 15) is 4.79 Å². The van der Waals surface area contributed by atoms with Crippen molar-refractivity contribution in [2.75, 3.05) is 13.1 Å². The fourth-order valence-electron chi connectivity index (χ4n) is 4.98. The molecule has 1 aromatic heterocycles. The molecule has 1 N–H and O–H groups in total. The van der Waals surface area contributed by atoms with Gasteiger partial charge in [0.2, 0.25) is 5.91 Å². The fourth-order valence-corrected chi connectivity index (χ4v) is 5.76. The lowest BCUT2D eigenvalue weighted by Crippen LogP contribution is -2.43. The van der Waals surface area contributed by atoms with Crippen LogP contribution in [0, 0.1) is 11.8 Å². The molecule has 1 aliphatic carbocycles. The number of nitrogens with one attached hydrogen (secondary N) is 1. The molecular formula is C25H35N3O2S. The largest absolute Gasteiger partial charge is 0.491 e. The predicted molar refractivity (Wildman–Crippen MR) is 125 cm³/mol. The number of rotatable bonds is 8. The normalized spacial score (nSPS) is 21.3. The van der Waals surface area contributed by atoms with E-state index in [0.717, 1.165) is 56.1 Å². The van der Waals surface area contributed by atoms with Gasteiger partial charge in [-0.05, 0) is 69.7 Å². The number of aromatic nitrogens is 1. The van der Waals surface area contributed by atoms with Gasteiger partial charge in [-0.25, -0.2) is 4.98 Å². The smallest absolute Gasteiger partial charge is 0.223 e. The summed E-state index contributed by atoms with van der Waals surface area (Å²) in [5.41, 5.74) is 1.28. The van der Waals surface area contributed by atoms with Crippen LogP contribution < -0.4 is 10.1 Å². The third kappa shape index (κ3) is 6.07. The second-order valence-corrected chi connectivity index (χ2v) is 10.2. The molecule has 2 heterocycles. The van der Waals surface area contributed by atoms with Crippen LogP contribution in [0.5, 0.6) is 5.75 Å². The number of ether oxygens (including phenoxy) is 1. The molecule has 0 bridgehead atoms. The van der Waals surface area contributed by atoms with Gasteiger partial charge < -0.3 is 10.1 Å². The summed E-state index contributed by atoms with van der Waals surface area (Å²) in [7, 11) is 0. The van der Waals surface area contributed by atoms with Crippen LogP contribution in [0.4, 0.5) is 0 Å². The number of hydrogen-bond acceptors (Lipinski definition) is 5. The fraction of sp³-hybridized carbons (Fsp3) is 0.600. The Kier molecular flexibility index (Phi) is 7.62. The molecule has 1 amide bonds. The first-order valence-corrected chi connectivity index (χ1v) is 12.6. The topological polar surface area (TPSA) is 54.5 Å². The number of benzene rings is 1. The van der Waals surface area contributed by atoms with Gasteiger partial charge in [0, 0.05) is 30.6 Å². The van der Waals surface area contributed by atoms with Gasteiger partial charge in [0.15, 0.2) is 0 Å². The molecule has 2 aromatic rings. The van der Waals surface area contributed by atoms with Gasteiger partial charge in [-0.2, -0.15) is 0 Å². The molecule has 1 aromatic carbocycles. The summed E-state index contributed by atoms with van der Waals surface area (Å²) in [5.74, 6) is 1.74. The van der Waals surface area contributed by atoms with E-state index >= 15 is 0 Å². The zero-order valence-corrected chi connectivity index (χ0v) is 19.6. The lowest BCUT2D eigenvalue weighted by atomic mass is 9.90. The van der Waals surface area contributed by atoms with Crippen LogP contribution in [0.2, 0.25) is 0 Å². The number of carbonyl (C=O) groups is 1. The number of amides is 1. The Hall–Kier alpha value is -1.92. The molecule has 0 spiro atoms. The Labute approximate surface area is 190 Å². The van der Waals surface area contributed by atoms with Gasteiger partial charge in [-0.3, -0.25) is 9.69 Å².